The molecule has 1 saturated carbocycles. The summed E-state index contributed by atoms with van der Waals surface area (Å²) in [6, 6.07) is 4.84. The second-order valence-corrected chi connectivity index (χ2v) is 5.65. The molecule has 0 aromatic heterocycles. The van der Waals surface area contributed by atoms with E-state index in [2.05, 4.69) is 5.32 Å². The molecule has 0 aliphatic heterocycles. The first-order valence-corrected chi connectivity index (χ1v) is 7.31. The molecule has 2 rings (SSSR count). The molecule has 104 valence electrons. The molecule has 0 heterocycles. The van der Waals surface area contributed by atoms with Crippen LogP contribution in [0.2, 0.25) is 5.02 Å². The summed E-state index contributed by atoms with van der Waals surface area (Å²) in [5, 5.41) is 12.9. The fourth-order valence-electron chi connectivity index (χ4n) is 2.74. The third kappa shape index (κ3) is 4.13. The van der Waals surface area contributed by atoms with Gasteiger partial charge in [0.15, 0.2) is 0 Å². The number of hydrogen-bond acceptors (Lipinski definition) is 2. The molecule has 1 fully saturated rings. The van der Waals surface area contributed by atoms with Crippen molar-refractivity contribution in [1.82, 2.24) is 0 Å². The van der Waals surface area contributed by atoms with Crippen molar-refractivity contribution < 1.29 is 9.90 Å². The van der Waals surface area contributed by atoms with Crippen molar-refractivity contribution in [3.05, 3.63) is 28.8 Å². The Morgan fingerprint density at radius 1 is 1.32 bits per heavy atom. The molecular formula is C15H20ClNO2. The first-order chi connectivity index (χ1) is 9.16. The minimum Gasteiger partial charge on any atom is -0.478 e. The van der Waals surface area contributed by atoms with Crippen LogP contribution in [0.15, 0.2) is 18.2 Å². The van der Waals surface area contributed by atoms with Crippen LogP contribution in [-0.4, -0.2) is 17.6 Å². The number of carboxylic acids is 1. The van der Waals surface area contributed by atoms with E-state index in [0.717, 1.165) is 18.9 Å². The standard InChI is InChI=1S/C15H20ClNO2/c16-12-6-7-13(15(18)19)14(10-12)17-9-8-11-4-2-1-3-5-11/h6-7,10-11,17H,1-5,8-9H2,(H,18,19). The zero-order chi connectivity index (χ0) is 13.7. The highest BCUT2D eigenvalue weighted by atomic mass is 35.5. The van der Waals surface area contributed by atoms with Gasteiger partial charge in [0, 0.05) is 11.6 Å². The van der Waals surface area contributed by atoms with Crippen LogP contribution in [0.1, 0.15) is 48.9 Å². The molecule has 0 unspecified atom stereocenters. The Bertz CT molecular complexity index is 442. The Hall–Kier alpha value is -1.22. The quantitative estimate of drug-likeness (QED) is 0.840. The van der Waals surface area contributed by atoms with Gasteiger partial charge in [0.25, 0.3) is 0 Å². The zero-order valence-corrected chi connectivity index (χ0v) is 11.7. The van der Waals surface area contributed by atoms with E-state index in [0.29, 0.717) is 10.7 Å². The predicted octanol–water partition coefficient (Wildman–Crippen LogP) is 4.42. The number of carboxylic acid groups (broad SMARTS) is 1. The Labute approximate surface area is 119 Å². The van der Waals surface area contributed by atoms with Gasteiger partial charge in [-0.2, -0.15) is 0 Å². The van der Waals surface area contributed by atoms with Crippen LogP contribution in [-0.2, 0) is 0 Å². The summed E-state index contributed by atoms with van der Waals surface area (Å²) < 4.78 is 0. The number of anilines is 1. The zero-order valence-electron chi connectivity index (χ0n) is 11.0. The van der Waals surface area contributed by atoms with Crippen molar-refractivity contribution in [2.45, 2.75) is 38.5 Å². The van der Waals surface area contributed by atoms with Gasteiger partial charge in [-0.25, -0.2) is 4.79 Å². The molecule has 4 heteroatoms. The number of benzene rings is 1. The van der Waals surface area contributed by atoms with Gasteiger partial charge in [-0.05, 0) is 30.5 Å². The van der Waals surface area contributed by atoms with E-state index in [4.69, 9.17) is 16.7 Å². The van der Waals surface area contributed by atoms with E-state index in [1.165, 1.54) is 32.1 Å². The fourth-order valence-corrected chi connectivity index (χ4v) is 2.91. The molecule has 0 spiro atoms. The lowest BCUT2D eigenvalue weighted by atomic mass is 9.87. The summed E-state index contributed by atoms with van der Waals surface area (Å²) in [5.41, 5.74) is 0.906. The van der Waals surface area contributed by atoms with Gasteiger partial charge in [0.05, 0.1) is 11.3 Å². The molecule has 19 heavy (non-hydrogen) atoms. The van der Waals surface area contributed by atoms with Gasteiger partial charge in [-0.1, -0.05) is 43.7 Å². The first kappa shape index (κ1) is 14.2. The van der Waals surface area contributed by atoms with Gasteiger partial charge >= 0.3 is 5.97 Å². The van der Waals surface area contributed by atoms with Crippen LogP contribution in [0, 0.1) is 5.92 Å². The van der Waals surface area contributed by atoms with E-state index >= 15 is 0 Å². The van der Waals surface area contributed by atoms with Crippen molar-refractivity contribution in [2.75, 3.05) is 11.9 Å². The topological polar surface area (TPSA) is 49.3 Å². The van der Waals surface area contributed by atoms with Crippen molar-refractivity contribution >= 4 is 23.3 Å². The van der Waals surface area contributed by atoms with E-state index in [-0.39, 0.29) is 5.56 Å². The van der Waals surface area contributed by atoms with Gasteiger partial charge in [-0.15, -0.1) is 0 Å². The normalized spacial score (nSPS) is 16.3. The molecule has 0 radical (unpaired) electrons. The monoisotopic (exact) mass is 281 g/mol. The van der Waals surface area contributed by atoms with Gasteiger partial charge in [0.1, 0.15) is 0 Å². The van der Waals surface area contributed by atoms with Crippen molar-refractivity contribution in [3.63, 3.8) is 0 Å². The fraction of sp³-hybridized carbons (Fsp3) is 0.533. The van der Waals surface area contributed by atoms with Crippen molar-refractivity contribution in [2.24, 2.45) is 5.92 Å². The van der Waals surface area contributed by atoms with Gasteiger partial charge in [0.2, 0.25) is 0 Å². The lowest BCUT2D eigenvalue weighted by molar-refractivity contribution is 0.0698. The highest BCUT2D eigenvalue weighted by Gasteiger charge is 2.14. The first-order valence-electron chi connectivity index (χ1n) is 6.93. The molecule has 0 bridgehead atoms. The Kier molecular flexibility index (Phi) is 5.08. The lowest BCUT2D eigenvalue weighted by Crippen LogP contribution is -2.13. The Morgan fingerprint density at radius 3 is 2.74 bits per heavy atom. The summed E-state index contributed by atoms with van der Waals surface area (Å²) >= 11 is 5.92. The third-order valence-electron chi connectivity index (χ3n) is 3.80. The molecular weight excluding hydrogens is 262 g/mol. The maximum Gasteiger partial charge on any atom is 0.337 e. The highest BCUT2D eigenvalue weighted by molar-refractivity contribution is 6.31. The number of halogens is 1. The van der Waals surface area contributed by atoms with E-state index in [1.807, 2.05) is 0 Å². The molecule has 0 saturated heterocycles. The largest absolute Gasteiger partial charge is 0.478 e. The summed E-state index contributed by atoms with van der Waals surface area (Å²) in [6.07, 6.45) is 7.75. The van der Waals surface area contributed by atoms with Crippen LogP contribution in [0.3, 0.4) is 0 Å². The predicted molar refractivity (Wildman–Crippen MR) is 78.1 cm³/mol. The minimum absolute atomic E-state index is 0.285. The number of rotatable bonds is 5. The summed E-state index contributed by atoms with van der Waals surface area (Å²) in [5.74, 6) is -0.134. The maximum absolute atomic E-state index is 11.1. The van der Waals surface area contributed by atoms with Crippen LogP contribution in [0.4, 0.5) is 5.69 Å². The SMILES string of the molecule is O=C(O)c1ccc(Cl)cc1NCCC1CCCCC1. The number of nitrogens with one attached hydrogen (secondary N) is 1. The van der Waals surface area contributed by atoms with Crippen LogP contribution in [0.5, 0.6) is 0 Å². The average Bonchev–Trinajstić information content (AvgIpc) is 2.39. The van der Waals surface area contributed by atoms with E-state index < -0.39 is 5.97 Å². The van der Waals surface area contributed by atoms with Crippen molar-refractivity contribution in [1.29, 1.82) is 0 Å². The lowest BCUT2D eigenvalue weighted by Gasteiger charge is -2.21. The molecule has 2 N–H and O–H groups in total. The second kappa shape index (κ2) is 6.80. The number of aromatic carboxylic acids is 1. The maximum atomic E-state index is 11.1. The van der Waals surface area contributed by atoms with E-state index in [1.54, 1.807) is 18.2 Å². The molecule has 1 aliphatic carbocycles. The third-order valence-corrected chi connectivity index (χ3v) is 4.04. The average molecular weight is 282 g/mol. The van der Waals surface area contributed by atoms with Crippen LogP contribution < -0.4 is 5.32 Å². The molecule has 0 atom stereocenters. The van der Waals surface area contributed by atoms with Gasteiger partial charge < -0.3 is 10.4 Å². The van der Waals surface area contributed by atoms with Crippen LogP contribution >= 0.6 is 11.6 Å². The summed E-state index contributed by atoms with van der Waals surface area (Å²) in [4.78, 5) is 11.1. The number of carbonyl (C=O) groups is 1. The summed E-state index contributed by atoms with van der Waals surface area (Å²) in [6.45, 7) is 0.811. The molecule has 1 aliphatic rings. The molecule has 1 aromatic rings. The van der Waals surface area contributed by atoms with Gasteiger partial charge in [-0.3, -0.25) is 0 Å². The second-order valence-electron chi connectivity index (χ2n) is 5.21. The number of hydrogen-bond donors (Lipinski definition) is 2. The smallest absolute Gasteiger partial charge is 0.337 e. The highest BCUT2D eigenvalue weighted by Crippen LogP contribution is 2.27. The molecule has 1 aromatic carbocycles. The Balaban J connectivity index is 1.91. The minimum atomic E-state index is -0.920. The summed E-state index contributed by atoms with van der Waals surface area (Å²) in [7, 11) is 0. The molecule has 0 amide bonds. The molecule has 3 nitrogen and oxygen atoms in total. The van der Waals surface area contributed by atoms with Crippen molar-refractivity contribution in [3.8, 4) is 0 Å². The Morgan fingerprint density at radius 2 is 2.05 bits per heavy atom. The van der Waals surface area contributed by atoms with Crippen LogP contribution in [0.25, 0.3) is 0 Å². The van der Waals surface area contributed by atoms with E-state index in [9.17, 15) is 4.79 Å².